The highest BCUT2D eigenvalue weighted by Crippen LogP contribution is 1.93. The predicted molar refractivity (Wildman–Crippen MR) is 33.3 cm³/mol. The molecule has 5 N–H and O–H groups in total. The van der Waals surface area contributed by atoms with Crippen molar-refractivity contribution in [3.8, 4) is 0 Å². The summed E-state index contributed by atoms with van der Waals surface area (Å²) in [7, 11) is 0. The molecule has 2 atom stereocenters. The first-order valence-electron chi connectivity index (χ1n) is 2.81. The Labute approximate surface area is 62.2 Å². The maximum atomic E-state index is 10.4. The summed E-state index contributed by atoms with van der Waals surface area (Å²) < 4.78 is 0. The molecule has 0 aromatic heterocycles. The van der Waals surface area contributed by atoms with Crippen LogP contribution in [0.3, 0.4) is 0 Å². The largest absolute Gasteiger partial charge is 0.394 e. The van der Waals surface area contributed by atoms with Gasteiger partial charge in [0.25, 0.3) is 11.7 Å². The van der Waals surface area contributed by atoms with Gasteiger partial charge in [0.1, 0.15) is 12.2 Å². The lowest BCUT2D eigenvalue weighted by atomic mass is 10.1. The number of hydrogen-bond donors (Lipinski definition) is 4. The molecule has 0 aromatic carbocycles. The molecule has 0 spiro atoms. The van der Waals surface area contributed by atoms with E-state index in [-0.39, 0.29) is 0 Å². The van der Waals surface area contributed by atoms with Crippen LogP contribution >= 0.6 is 0 Å². The van der Waals surface area contributed by atoms with Gasteiger partial charge in [0.15, 0.2) is 0 Å². The van der Waals surface area contributed by atoms with E-state index in [4.69, 9.17) is 15.3 Å². The Balaban J connectivity index is 4.13. The van der Waals surface area contributed by atoms with E-state index in [0.717, 1.165) is 0 Å². The molecule has 0 unspecified atom stereocenters. The van der Waals surface area contributed by atoms with E-state index in [1.165, 1.54) is 0 Å². The second kappa shape index (κ2) is 4.02. The van der Waals surface area contributed by atoms with Crippen LogP contribution in [0.4, 0.5) is 0 Å². The fraction of sp³-hybridized carbons (Fsp3) is 0.600. The predicted octanol–water partition coefficient (Wildman–Crippen LogP) is -3.25. The lowest BCUT2D eigenvalue weighted by Gasteiger charge is -2.11. The summed E-state index contributed by atoms with van der Waals surface area (Å²) in [6.07, 6.45) is -3.59. The third-order valence-corrected chi connectivity index (χ3v) is 1.06. The average molecular weight is 163 g/mol. The van der Waals surface area contributed by atoms with Gasteiger partial charge in [0, 0.05) is 0 Å². The Kier molecular flexibility index (Phi) is 3.66. The Morgan fingerprint density at radius 3 is 2.09 bits per heavy atom. The third kappa shape index (κ3) is 2.62. The summed E-state index contributed by atoms with van der Waals surface area (Å²) in [5.74, 6) is -2.66. The number of carbonyl (C=O) groups excluding carboxylic acids is 2. The number of aliphatic hydroxyl groups is 3. The van der Waals surface area contributed by atoms with E-state index in [2.05, 4.69) is 5.73 Å². The fourth-order valence-corrected chi connectivity index (χ4v) is 0.420. The zero-order chi connectivity index (χ0) is 9.02. The van der Waals surface area contributed by atoms with Crippen molar-refractivity contribution >= 4 is 11.7 Å². The minimum Gasteiger partial charge on any atom is -0.394 e. The number of primary amides is 1. The number of rotatable bonds is 4. The molecule has 0 aliphatic carbocycles. The lowest BCUT2D eigenvalue weighted by molar-refractivity contribution is -0.145. The molecule has 0 heterocycles. The number of aliphatic hydroxyl groups excluding tert-OH is 3. The van der Waals surface area contributed by atoms with Gasteiger partial charge in [-0.1, -0.05) is 0 Å². The van der Waals surface area contributed by atoms with Crippen molar-refractivity contribution in [3.05, 3.63) is 0 Å². The maximum absolute atomic E-state index is 10.4. The first-order chi connectivity index (χ1) is 5.00. The van der Waals surface area contributed by atoms with Crippen LogP contribution in [0.5, 0.6) is 0 Å². The van der Waals surface area contributed by atoms with Crippen molar-refractivity contribution in [2.24, 2.45) is 5.73 Å². The minimum atomic E-state index is -1.93. The molecule has 6 heteroatoms. The van der Waals surface area contributed by atoms with E-state index in [0.29, 0.717) is 0 Å². The Morgan fingerprint density at radius 1 is 1.36 bits per heavy atom. The van der Waals surface area contributed by atoms with Crippen molar-refractivity contribution in [2.45, 2.75) is 12.2 Å². The van der Waals surface area contributed by atoms with Crippen molar-refractivity contribution < 1.29 is 24.9 Å². The number of ketones is 1. The van der Waals surface area contributed by atoms with Crippen LogP contribution in [0.25, 0.3) is 0 Å². The molecule has 0 radical (unpaired) electrons. The van der Waals surface area contributed by atoms with Crippen molar-refractivity contribution in [2.75, 3.05) is 6.61 Å². The van der Waals surface area contributed by atoms with E-state index in [1.54, 1.807) is 0 Å². The van der Waals surface area contributed by atoms with Crippen molar-refractivity contribution in [1.82, 2.24) is 0 Å². The first-order valence-corrected chi connectivity index (χ1v) is 2.81. The molecule has 0 rings (SSSR count). The van der Waals surface area contributed by atoms with Gasteiger partial charge >= 0.3 is 0 Å². The summed E-state index contributed by atoms with van der Waals surface area (Å²) in [5.41, 5.74) is 4.49. The summed E-state index contributed by atoms with van der Waals surface area (Å²) in [6, 6.07) is 0. The molecule has 1 amide bonds. The normalized spacial score (nSPS) is 15.5. The van der Waals surface area contributed by atoms with Crippen LogP contribution in [0.15, 0.2) is 0 Å². The molecular formula is C5H9NO5. The highest BCUT2D eigenvalue weighted by Gasteiger charge is 2.27. The van der Waals surface area contributed by atoms with E-state index < -0.39 is 30.5 Å². The fourth-order valence-electron chi connectivity index (χ4n) is 0.420. The van der Waals surface area contributed by atoms with E-state index in [1.807, 2.05) is 0 Å². The van der Waals surface area contributed by atoms with E-state index in [9.17, 15) is 9.59 Å². The Hall–Kier alpha value is -0.980. The molecule has 6 nitrogen and oxygen atoms in total. The standard InChI is InChI=1S/C5H9NO5/c6-5(11)4(10)3(9)2(8)1-7/h2-3,7-9H,1H2,(H2,6,11)/t2-,3+/m1/s1. The number of Topliss-reactive ketones (excluding diaryl/α,β-unsaturated/α-hetero) is 1. The van der Waals surface area contributed by atoms with Gasteiger partial charge in [-0.25, -0.2) is 0 Å². The molecule has 0 fully saturated rings. The van der Waals surface area contributed by atoms with Gasteiger partial charge in [-0.2, -0.15) is 0 Å². The molecule has 0 saturated carbocycles. The maximum Gasteiger partial charge on any atom is 0.287 e. The van der Waals surface area contributed by atoms with Gasteiger partial charge in [-0.3, -0.25) is 9.59 Å². The number of nitrogens with two attached hydrogens (primary N) is 1. The molecule has 11 heavy (non-hydrogen) atoms. The van der Waals surface area contributed by atoms with Crippen molar-refractivity contribution in [3.63, 3.8) is 0 Å². The van der Waals surface area contributed by atoms with Crippen LogP contribution in [0.2, 0.25) is 0 Å². The number of carbonyl (C=O) groups is 2. The monoisotopic (exact) mass is 163 g/mol. The van der Waals surface area contributed by atoms with Gasteiger partial charge < -0.3 is 21.1 Å². The molecule has 0 bridgehead atoms. The molecule has 0 aliphatic rings. The summed E-state index contributed by atoms with van der Waals surface area (Å²) >= 11 is 0. The van der Waals surface area contributed by atoms with E-state index >= 15 is 0 Å². The summed E-state index contributed by atoms with van der Waals surface area (Å²) in [4.78, 5) is 20.5. The Morgan fingerprint density at radius 2 is 1.82 bits per heavy atom. The number of amides is 1. The van der Waals surface area contributed by atoms with Crippen LogP contribution in [0, 0.1) is 0 Å². The highest BCUT2D eigenvalue weighted by atomic mass is 16.4. The van der Waals surface area contributed by atoms with Gasteiger partial charge in [0.2, 0.25) is 0 Å². The van der Waals surface area contributed by atoms with Gasteiger partial charge in [-0.15, -0.1) is 0 Å². The SMILES string of the molecule is NC(=O)C(=O)[C@@H](O)[C@H](O)CO. The zero-order valence-electron chi connectivity index (χ0n) is 5.60. The van der Waals surface area contributed by atoms with Crippen LogP contribution in [-0.2, 0) is 9.59 Å². The van der Waals surface area contributed by atoms with Gasteiger partial charge in [-0.05, 0) is 0 Å². The van der Waals surface area contributed by atoms with Crippen molar-refractivity contribution in [1.29, 1.82) is 0 Å². The van der Waals surface area contributed by atoms with Gasteiger partial charge in [0.05, 0.1) is 6.61 Å². The highest BCUT2D eigenvalue weighted by molar-refractivity contribution is 6.37. The molecule has 0 aromatic rings. The Bertz CT molecular complexity index is 168. The second-order valence-electron chi connectivity index (χ2n) is 1.92. The van der Waals surface area contributed by atoms with Crippen LogP contribution in [0.1, 0.15) is 0 Å². The first kappa shape index (κ1) is 10.0. The summed E-state index contributed by atoms with van der Waals surface area (Å²) in [6.45, 7) is -0.805. The average Bonchev–Trinajstić information content (AvgIpc) is 2.00. The molecular weight excluding hydrogens is 154 g/mol. The second-order valence-corrected chi connectivity index (χ2v) is 1.92. The third-order valence-electron chi connectivity index (χ3n) is 1.06. The quantitative estimate of drug-likeness (QED) is 0.324. The molecule has 64 valence electrons. The smallest absolute Gasteiger partial charge is 0.287 e. The molecule has 0 aliphatic heterocycles. The number of hydrogen-bond acceptors (Lipinski definition) is 5. The topological polar surface area (TPSA) is 121 Å². The summed E-state index contributed by atoms with van der Waals surface area (Å²) in [5, 5.41) is 25.5. The minimum absolute atomic E-state index is 0.805. The lowest BCUT2D eigenvalue weighted by Crippen LogP contribution is -2.42. The van der Waals surface area contributed by atoms with Crippen LogP contribution < -0.4 is 5.73 Å². The zero-order valence-corrected chi connectivity index (χ0v) is 5.60. The molecule has 0 saturated heterocycles. The van der Waals surface area contributed by atoms with Crippen LogP contribution in [-0.4, -0.2) is 45.8 Å².